The maximum absolute atomic E-state index is 12.6. The van der Waals surface area contributed by atoms with Gasteiger partial charge in [-0.2, -0.15) is 40.6 Å². The Kier molecular flexibility index (Phi) is 12.2. The number of halogens is 1. The van der Waals surface area contributed by atoms with E-state index in [1.54, 1.807) is 42.5 Å². The molecule has 68 heavy (non-hydrogen) atoms. The van der Waals surface area contributed by atoms with E-state index in [1.165, 1.54) is 24.3 Å². The van der Waals surface area contributed by atoms with Crippen LogP contribution in [0.1, 0.15) is 5.56 Å². The Bertz CT molecular complexity index is 3910. The van der Waals surface area contributed by atoms with Gasteiger partial charge in [0.15, 0.2) is 17.2 Å². The fourth-order valence-electron chi connectivity index (χ4n) is 6.73. The van der Waals surface area contributed by atoms with Crippen molar-refractivity contribution in [1.82, 2.24) is 0 Å². The summed E-state index contributed by atoms with van der Waals surface area (Å²) in [5.74, 6) is -1.55. The lowest BCUT2D eigenvalue weighted by atomic mass is 10.1. The monoisotopic (exact) mass is 995 g/mol. The van der Waals surface area contributed by atoms with Gasteiger partial charge in [-0.05, 0) is 108 Å². The Morgan fingerprint density at radius 3 is 1.65 bits per heavy atom. The summed E-state index contributed by atoms with van der Waals surface area (Å²) in [6.45, 7) is 1.95. The minimum atomic E-state index is -5.10. The first-order valence-corrected chi connectivity index (χ1v) is 23.9. The smallest absolute Gasteiger partial charge is 0.296 e. The molecule has 8 aromatic carbocycles. The SMILES string of the molecule is Cc1ccc(N=Nc2ccc3cc(N=Nc4ccc5cc(S(=O)(=O)O)c(N=Nc6ccc7cc(S(=O)(=O)O)c(N=Nc8cc(S(=O)(=O)O)ccc8Cl)c(O)c7c6)c(N)c5c4O)ccc3c2O)cc1. The van der Waals surface area contributed by atoms with E-state index in [2.05, 4.69) is 40.9 Å². The molecule has 0 atom stereocenters. The fourth-order valence-corrected chi connectivity index (χ4v) is 8.72. The minimum absolute atomic E-state index is 0.00251. The molecule has 21 nitrogen and oxygen atoms in total. The topological polar surface area (TPSA) is 349 Å². The summed E-state index contributed by atoms with van der Waals surface area (Å²) in [6.07, 6.45) is 0. The van der Waals surface area contributed by atoms with E-state index in [1.807, 2.05) is 19.1 Å². The maximum Gasteiger partial charge on any atom is 0.296 e. The number of rotatable bonds is 11. The largest absolute Gasteiger partial charge is 0.505 e. The Labute approximate surface area is 389 Å². The maximum atomic E-state index is 12.6. The Morgan fingerprint density at radius 1 is 0.456 bits per heavy atom. The van der Waals surface area contributed by atoms with Crippen molar-refractivity contribution in [3.05, 3.63) is 126 Å². The van der Waals surface area contributed by atoms with E-state index in [9.17, 15) is 54.2 Å². The van der Waals surface area contributed by atoms with Crippen LogP contribution in [0.3, 0.4) is 0 Å². The van der Waals surface area contributed by atoms with E-state index < -0.39 is 73.6 Å². The fraction of sp³-hybridized carbons (Fsp3) is 0.0233. The zero-order valence-electron chi connectivity index (χ0n) is 34.4. The van der Waals surface area contributed by atoms with Gasteiger partial charge < -0.3 is 21.1 Å². The summed E-state index contributed by atoms with van der Waals surface area (Å²) in [5.41, 5.74) is 6.10. The summed E-state index contributed by atoms with van der Waals surface area (Å²) >= 11 is 6.09. The molecule has 0 aliphatic heterocycles. The highest BCUT2D eigenvalue weighted by atomic mass is 35.5. The van der Waals surface area contributed by atoms with Gasteiger partial charge in [0.1, 0.15) is 38.2 Å². The van der Waals surface area contributed by atoms with Gasteiger partial charge in [-0.3, -0.25) is 13.7 Å². The van der Waals surface area contributed by atoms with Crippen molar-refractivity contribution in [1.29, 1.82) is 0 Å². The molecule has 0 heterocycles. The number of phenols is 3. The highest BCUT2D eigenvalue weighted by Gasteiger charge is 2.25. The first-order chi connectivity index (χ1) is 32.1. The van der Waals surface area contributed by atoms with E-state index >= 15 is 0 Å². The van der Waals surface area contributed by atoms with Gasteiger partial charge in [0.05, 0.1) is 38.1 Å². The number of phenolic OH excluding ortho intramolecular Hbond substituents is 3. The van der Waals surface area contributed by atoms with Crippen molar-refractivity contribution in [2.75, 3.05) is 5.73 Å². The highest BCUT2D eigenvalue weighted by Crippen LogP contribution is 2.47. The molecular formula is C43H30ClN9O12S3. The number of anilines is 1. The van der Waals surface area contributed by atoms with Crippen LogP contribution < -0.4 is 5.73 Å². The molecule has 0 bridgehead atoms. The molecule has 0 spiro atoms. The lowest BCUT2D eigenvalue weighted by molar-refractivity contribution is 0.472. The third-order valence-electron chi connectivity index (χ3n) is 10.1. The Hall–Kier alpha value is -7.84. The van der Waals surface area contributed by atoms with Crippen LogP contribution in [0.4, 0.5) is 51.2 Å². The van der Waals surface area contributed by atoms with E-state index in [-0.39, 0.29) is 55.1 Å². The second-order valence-corrected chi connectivity index (χ2v) is 19.3. The van der Waals surface area contributed by atoms with Crippen molar-refractivity contribution in [2.45, 2.75) is 21.6 Å². The number of aryl methyl sites for hydroxylation is 1. The molecule has 0 saturated carbocycles. The molecular weight excluding hydrogens is 966 g/mol. The number of hydrogen-bond donors (Lipinski definition) is 7. The molecule has 0 aromatic heterocycles. The standard InChI is InChI=1S/C43H30ClN9O12S3/c1-21-2-7-25(8-3-21)46-49-32-14-5-22-16-26(10-12-29(22)41(32)54)47-50-33-15-6-24-18-35(67(60,61)62)39(38(45)37(24)43(33)56)52-48-27-9-4-23-17-36(68(63,64)65)40(42(55)30(23)19-27)53-51-34-20-28(66(57,58)59)11-13-31(34)44/h2-20,54-56H,45H2,1H3,(H,57,58,59)(H,60,61,62)(H,63,64,65). The van der Waals surface area contributed by atoms with Gasteiger partial charge in [-0.1, -0.05) is 47.5 Å². The summed E-state index contributed by atoms with van der Waals surface area (Å²) in [4.78, 5) is -2.36. The van der Waals surface area contributed by atoms with Crippen molar-refractivity contribution >= 4 is 125 Å². The number of azo groups is 4. The first kappa shape index (κ1) is 46.7. The molecule has 0 amide bonds. The van der Waals surface area contributed by atoms with Gasteiger partial charge in [-0.25, -0.2) is 0 Å². The third-order valence-corrected chi connectivity index (χ3v) is 13.0. The van der Waals surface area contributed by atoms with Crippen molar-refractivity contribution in [2.24, 2.45) is 40.9 Å². The summed E-state index contributed by atoms with van der Waals surface area (Å²) < 4.78 is 103. The molecule has 0 aliphatic rings. The second kappa shape index (κ2) is 17.8. The molecule has 8 N–H and O–H groups in total. The molecule has 0 unspecified atom stereocenters. The minimum Gasteiger partial charge on any atom is -0.505 e. The zero-order valence-corrected chi connectivity index (χ0v) is 37.6. The third kappa shape index (κ3) is 9.54. The van der Waals surface area contributed by atoms with Crippen molar-refractivity contribution in [3.63, 3.8) is 0 Å². The van der Waals surface area contributed by atoms with Crippen LogP contribution in [0.15, 0.2) is 171 Å². The first-order valence-electron chi connectivity index (χ1n) is 19.2. The zero-order chi connectivity index (χ0) is 48.9. The predicted octanol–water partition coefficient (Wildman–Crippen LogP) is 12.2. The lowest BCUT2D eigenvalue weighted by Gasteiger charge is -2.12. The van der Waals surface area contributed by atoms with Gasteiger partial charge in [-0.15, -0.1) is 25.6 Å². The van der Waals surface area contributed by atoms with Gasteiger partial charge >= 0.3 is 0 Å². The van der Waals surface area contributed by atoms with Gasteiger partial charge in [0.2, 0.25) is 0 Å². The van der Waals surface area contributed by atoms with Crippen LogP contribution in [-0.4, -0.2) is 54.2 Å². The number of benzene rings is 8. The molecule has 8 rings (SSSR count). The number of hydrogen-bond acceptors (Lipinski definition) is 18. The van der Waals surface area contributed by atoms with Crippen LogP contribution in [0.2, 0.25) is 5.02 Å². The van der Waals surface area contributed by atoms with Gasteiger partial charge in [0.25, 0.3) is 30.4 Å². The van der Waals surface area contributed by atoms with Crippen LogP contribution in [0.25, 0.3) is 32.3 Å². The number of nitrogens with zero attached hydrogens (tertiary/aromatic N) is 8. The van der Waals surface area contributed by atoms with Crippen LogP contribution >= 0.6 is 11.6 Å². The second-order valence-electron chi connectivity index (χ2n) is 14.7. The molecule has 344 valence electrons. The van der Waals surface area contributed by atoms with Crippen molar-refractivity contribution in [3.8, 4) is 17.2 Å². The van der Waals surface area contributed by atoms with Crippen molar-refractivity contribution < 1.29 is 54.2 Å². The quantitative estimate of drug-likeness (QED) is 0.0360. The molecule has 0 aliphatic carbocycles. The molecule has 0 radical (unpaired) electrons. The highest BCUT2D eigenvalue weighted by molar-refractivity contribution is 7.86. The van der Waals surface area contributed by atoms with Crippen LogP contribution in [-0.2, 0) is 30.4 Å². The van der Waals surface area contributed by atoms with E-state index in [4.69, 9.17) is 17.3 Å². The average molecular weight is 996 g/mol. The Morgan fingerprint density at radius 2 is 0.971 bits per heavy atom. The normalized spacial score (nSPS) is 12.8. The molecule has 0 fully saturated rings. The summed E-state index contributed by atoms with van der Waals surface area (Å²) in [6, 6.07) is 26.5. The number of aromatic hydroxyl groups is 3. The summed E-state index contributed by atoms with van der Waals surface area (Å²) in [5, 5.41) is 66.4. The summed E-state index contributed by atoms with van der Waals surface area (Å²) in [7, 11) is -14.9. The van der Waals surface area contributed by atoms with E-state index in [0.29, 0.717) is 22.1 Å². The molecule has 0 saturated heterocycles. The average Bonchev–Trinajstić information content (AvgIpc) is 3.27. The van der Waals surface area contributed by atoms with Gasteiger partial charge in [0, 0.05) is 10.8 Å². The predicted molar refractivity (Wildman–Crippen MR) is 250 cm³/mol. The van der Waals surface area contributed by atoms with E-state index in [0.717, 1.165) is 42.0 Å². The van der Waals surface area contributed by atoms with Crippen LogP contribution in [0.5, 0.6) is 17.2 Å². The number of nitrogens with two attached hydrogens (primary N) is 1. The molecule has 8 aromatic rings. The number of nitrogen functional groups attached to an aromatic ring is 1. The lowest BCUT2D eigenvalue weighted by Crippen LogP contribution is -2.01. The Balaban J connectivity index is 1.13. The number of fused-ring (bicyclic) bond motifs is 3. The molecule has 25 heteroatoms. The van der Waals surface area contributed by atoms with Crippen LogP contribution in [0, 0.1) is 6.92 Å².